The largest absolute Gasteiger partial charge is 0.382 e. The van der Waals surface area contributed by atoms with Gasteiger partial charge in [-0.3, -0.25) is 0 Å². The lowest BCUT2D eigenvalue weighted by molar-refractivity contribution is 0.374. The van der Waals surface area contributed by atoms with Crippen LogP contribution >= 0.6 is 0 Å². The number of rotatable bonds is 3. The van der Waals surface area contributed by atoms with Gasteiger partial charge < -0.3 is 5.32 Å². The second-order valence-electron chi connectivity index (χ2n) is 5.29. The second kappa shape index (κ2) is 4.85. The Kier molecular flexibility index (Phi) is 3.06. The van der Waals surface area contributed by atoms with Crippen LogP contribution in [0.15, 0.2) is 54.6 Å². The van der Waals surface area contributed by atoms with Crippen LogP contribution in [0.3, 0.4) is 0 Å². The fourth-order valence-corrected chi connectivity index (χ4v) is 2.70. The van der Waals surface area contributed by atoms with Crippen molar-refractivity contribution in [1.82, 2.24) is 0 Å². The maximum atomic E-state index is 3.59. The van der Waals surface area contributed by atoms with E-state index in [1.807, 2.05) is 0 Å². The molecule has 0 heterocycles. The molecule has 0 unspecified atom stereocenters. The zero-order valence-corrected chi connectivity index (χ0v) is 10.8. The van der Waals surface area contributed by atoms with Crippen molar-refractivity contribution in [2.24, 2.45) is 0 Å². The first-order chi connectivity index (χ1) is 8.81. The minimum atomic E-state index is 0.637. The molecule has 0 atom stereocenters. The minimum absolute atomic E-state index is 0.637. The van der Waals surface area contributed by atoms with Crippen molar-refractivity contribution < 1.29 is 0 Å². The van der Waals surface area contributed by atoms with E-state index in [9.17, 15) is 0 Å². The van der Waals surface area contributed by atoms with E-state index in [1.54, 1.807) is 0 Å². The van der Waals surface area contributed by atoms with E-state index >= 15 is 0 Å². The lowest BCUT2D eigenvalue weighted by Crippen LogP contribution is -2.33. The molecule has 1 aliphatic carbocycles. The molecule has 2 aromatic rings. The second-order valence-corrected chi connectivity index (χ2v) is 5.29. The van der Waals surface area contributed by atoms with Crippen LogP contribution in [0.4, 0.5) is 5.69 Å². The van der Waals surface area contributed by atoms with Crippen molar-refractivity contribution >= 4 is 5.69 Å². The van der Waals surface area contributed by atoms with Crippen LogP contribution in [-0.2, 0) is 0 Å². The highest BCUT2D eigenvalue weighted by Crippen LogP contribution is 2.38. The Morgan fingerprint density at radius 3 is 2.44 bits per heavy atom. The summed E-state index contributed by atoms with van der Waals surface area (Å²) in [5.74, 6) is 0.742. The van der Waals surface area contributed by atoms with E-state index in [0.717, 1.165) is 5.92 Å². The third-order valence-electron chi connectivity index (χ3n) is 3.80. The number of para-hydroxylation sites is 1. The van der Waals surface area contributed by atoms with E-state index in [1.165, 1.54) is 29.7 Å². The molecule has 0 radical (unpaired) electrons. The maximum Gasteiger partial charge on any atom is 0.0342 e. The summed E-state index contributed by atoms with van der Waals surface area (Å²) in [6.45, 7) is 2.17. The van der Waals surface area contributed by atoms with Crippen molar-refractivity contribution in [2.75, 3.05) is 5.32 Å². The normalized spacial score (nSPS) is 22.3. The zero-order chi connectivity index (χ0) is 12.4. The number of aryl methyl sites for hydroxylation is 1. The minimum Gasteiger partial charge on any atom is -0.382 e. The van der Waals surface area contributed by atoms with Gasteiger partial charge in [0.25, 0.3) is 0 Å². The summed E-state index contributed by atoms with van der Waals surface area (Å²) in [6, 6.07) is 20.1. The number of anilines is 1. The molecule has 0 aromatic heterocycles. The summed E-state index contributed by atoms with van der Waals surface area (Å²) in [4.78, 5) is 0. The van der Waals surface area contributed by atoms with Gasteiger partial charge in [0.2, 0.25) is 0 Å². The SMILES string of the molecule is Cc1cccc(C2CC(Nc3ccccc3)C2)c1. The molecule has 1 nitrogen and oxygen atoms in total. The maximum absolute atomic E-state index is 3.59. The molecule has 1 fully saturated rings. The van der Waals surface area contributed by atoms with Gasteiger partial charge >= 0.3 is 0 Å². The van der Waals surface area contributed by atoms with Gasteiger partial charge in [0.05, 0.1) is 0 Å². The predicted molar refractivity (Wildman–Crippen MR) is 77.0 cm³/mol. The van der Waals surface area contributed by atoms with Crippen LogP contribution < -0.4 is 5.32 Å². The van der Waals surface area contributed by atoms with Crippen LogP contribution in [0.5, 0.6) is 0 Å². The Hall–Kier alpha value is -1.76. The molecule has 1 N–H and O–H groups in total. The monoisotopic (exact) mass is 237 g/mol. The van der Waals surface area contributed by atoms with Gasteiger partial charge in [-0.2, -0.15) is 0 Å². The van der Waals surface area contributed by atoms with Gasteiger partial charge in [-0.15, -0.1) is 0 Å². The molecule has 0 spiro atoms. The summed E-state index contributed by atoms with van der Waals surface area (Å²) in [5.41, 5.74) is 4.11. The molecule has 0 bridgehead atoms. The smallest absolute Gasteiger partial charge is 0.0342 e. The number of hydrogen-bond donors (Lipinski definition) is 1. The molecule has 1 saturated carbocycles. The average Bonchev–Trinajstić information content (AvgIpc) is 2.34. The molecular formula is C17H19N. The molecule has 92 valence electrons. The van der Waals surface area contributed by atoms with E-state index in [2.05, 4.69) is 66.8 Å². The first-order valence-electron chi connectivity index (χ1n) is 6.69. The van der Waals surface area contributed by atoms with Gasteiger partial charge in [-0.1, -0.05) is 48.0 Å². The van der Waals surface area contributed by atoms with E-state index < -0.39 is 0 Å². The standard InChI is InChI=1S/C17H19N/c1-13-6-5-7-14(10-13)15-11-17(12-15)18-16-8-3-2-4-9-16/h2-10,15,17-18H,11-12H2,1H3. The molecule has 1 aliphatic rings. The van der Waals surface area contributed by atoms with Crippen molar-refractivity contribution in [1.29, 1.82) is 0 Å². The summed E-state index contributed by atoms with van der Waals surface area (Å²) in [7, 11) is 0. The van der Waals surface area contributed by atoms with Crippen LogP contribution in [0.25, 0.3) is 0 Å². The Bertz CT molecular complexity index is 512. The van der Waals surface area contributed by atoms with Crippen molar-refractivity contribution in [3.8, 4) is 0 Å². The zero-order valence-electron chi connectivity index (χ0n) is 10.8. The van der Waals surface area contributed by atoms with E-state index in [4.69, 9.17) is 0 Å². The highest BCUT2D eigenvalue weighted by molar-refractivity contribution is 5.44. The molecule has 0 aliphatic heterocycles. The molecule has 0 amide bonds. The lowest BCUT2D eigenvalue weighted by Gasteiger charge is -2.37. The van der Waals surface area contributed by atoms with Crippen LogP contribution in [0.1, 0.15) is 29.9 Å². The Balaban J connectivity index is 1.57. The van der Waals surface area contributed by atoms with E-state index in [0.29, 0.717) is 6.04 Å². The molecule has 0 saturated heterocycles. The number of nitrogens with one attached hydrogen (secondary N) is 1. The van der Waals surface area contributed by atoms with Crippen molar-refractivity contribution in [3.63, 3.8) is 0 Å². The topological polar surface area (TPSA) is 12.0 Å². The number of benzene rings is 2. The van der Waals surface area contributed by atoms with Gasteiger partial charge in [0.15, 0.2) is 0 Å². The molecule has 18 heavy (non-hydrogen) atoms. The fourth-order valence-electron chi connectivity index (χ4n) is 2.70. The van der Waals surface area contributed by atoms with Crippen LogP contribution in [-0.4, -0.2) is 6.04 Å². The molecular weight excluding hydrogens is 218 g/mol. The Labute approximate surface area is 109 Å². The molecule has 3 rings (SSSR count). The highest BCUT2D eigenvalue weighted by Gasteiger charge is 2.29. The third-order valence-corrected chi connectivity index (χ3v) is 3.80. The third kappa shape index (κ3) is 2.40. The summed E-state index contributed by atoms with van der Waals surface area (Å²) in [5, 5.41) is 3.59. The van der Waals surface area contributed by atoms with E-state index in [-0.39, 0.29) is 0 Å². The molecule has 2 aromatic carbocycles. The number of hydrogen-bond acceptors (Lipinski definition) is 1. The fraction of sp³-hybridized carbons (Fsp3) is 0.294. The Morgan fingerprint density at radius 1 is 0.944 bits per heavy atom. The van der Waals surface area contributed by atoms with Crippen molar-refractivity contribution in [2.45, 2.75) is 31.7 Å². The van der Waals surface area contributed by atoms with Crippen LogP contribution in [0, 0.1) is 6.92 Å². The van der Waals surface area contributed by atoms with Gasteiger partial charge in [-0.05, 0) is 43.4 Å². The lowest BCUT2D eigenvalue weighted by atomic mass is 9.75. The van der Waals surface area contributed by atoms with Gasteiger partial charge in [0.1, 0.15) is 0 Å². The highest BCUT2D eigenvalue weighted by atomic mass is 14.9. The summed E-state index contributed by atoms with van der Waals surface area (Å²) < 4.78 is 0. The van der Waals surface area contributed by atoms with Gasteiger partial charge in [-0.25, -0.2) is 0 Å². The average molecular weight is 237 g/mol. The first-order valence-corrected chi connectivity index (χ1v) is 6.69. The Morgan fingerprint density at radius 2 is 1.72 bits per heavy atom. The van der Waals surface area contributed by atoms with Crippen molar-refractivity contribution in [3.05, 3.63) is 65.7 Å². The predicted octanol–water partition coefficient (Wildman–Crippen LogP) is 4.35. The van der Waals surface area contributed by atoms with Crippen LogP contribution in [0.2, 0.25) is 0 Å². The van der Waals surface area contributed by atoms with Gasteiger partial charge in [0, 0.05) is 11.7 Å². The summed E-state index contributed by atoms with van der Waals surface area (Å²) in [6.07, 6.45) is 2.50. The quantitative estimate of drug-likeness (QED) is 0.836. The molecule has 1 heteroatoms. The summed E-state index contributed by atoms with van der Waals surface area (Å²) >= 11 is 0. The first kappa shape index (κ1) is 11.3.